The van der Waals surface area contributed by atoms with Crippen molar-refractivity contribution in [2.45, 2.75) is 6.42 Å². The topological polar surface area (TPSA) is 45.3 Å². The second-order valence-corrected chi connectivity index (χ2v) is 7.12. The number of nitrogens with one attached hydrogen (secondary N) is 1. The summed E-state index contributed by atoms with van der Waals surface area (Å²) >= 11 is 3.53. The van der Waals surface area contributed by atoms with E-state index in [4.69, 9.17) is 4.74 Å². The minimum absolute atomic E-state index is 0.0321. The molecule has 5 heteroatoms. The number of halogens is 1. The monoisotopic (exact) mass is 386 g/mol. The van der Waals surface area contributed by atoms with Crippen molar-refractivity contribution in [3.05, 3.63) is 56.9 Å². The Morgan fingerprint density at radius 3 is 2.79 bits per heavy atom. The van der Waals surface area contributed by atoms with Crippen molar-refractivity contribution in [1.29, 1.82) is 0 Å². The fraction of sp³-hybridized carbons (Fsp3) is 0.316. The maximum Gasteiger partial charge on any atom is 0.256 e. The summed E-state index contributed by atoms with van der Waals surface area (Å²) in [6, 6.07) is 10.4. The molecule has 124 valence electrons. The van der Waals surface area contributed by atoms with Gasteiger partial charge in [-0.15, -0.1) is 0 Å². The largest absolute Gasteiger partial charge is 0.379 e. The van der Waals surface area contributed by atoms with Crippen LogP contribution in [0.3, 0.4) is 0 Å². The highest BCUT2D eigenvalue weighted by atomic mass is 79.9. The van der Waals surface area contributed by atoms with Crippen molar-refractivity contribution < 1.29 is 4.74 Å². The summed E-state index contributed by atoms with van der Waals surface area (Å²) in [4.78, 5) is 17.6. The van der Waals surface area contributed by atoms with Gasteiger partial charge in [0.2, 0.25) is 0 Å². The smallest absolute Gasteiger partial charge is 0.256 e. The van der Waals surface area contributed by atoms with Crippen molar-refractivity contribution in [2.75, 3.05) is 32.8 Å². The zero-order valence-electron chi connectivity index (χ0n) is 13.3. The number of pyridine rings is 1. The number of fused-ring (bicyclic) bond motifs is 3. The normalized spacial score (nSPS) is 16.0. The number of aromatic amines is 1. The number of rotatable bonds is 3. The van der Waals surface area contributed by atoms with Gasteiger partial charge in [-0.05, 0) is 46.3 Å². The number of H-pyrrole nitrogens is 1. The molecule has 2 aromatic carbocycles. The average Bonchev–Trinajstić information content (AvgIpc) is 2.60. The molecule has 2 heterocycles. The molecule has 1 saturated heterocycles. The first kappa shape index (κ1) is 15.8. The minimum atomic E-state index is -0.0321. The minimum Gasteiger partial charge on any atom is -0.379 e. The number of hydrogen-bond acceptors (Lipinski definition) is 3. The van der Waals surface area contributed by atoms with Crippen LogP contribution < -0.4 is 5.56 Å². The summed E-state index contributed by atoms with van der Waals surface area (Å²) in [5.41, 5.74) is 1.26. The van der Waals surface area contributed by atoms with Gasteiger partial charge in [0.05, 0.1) is 18.6 Å². The van der Waals surface area contributed by atoms with Crippen LogP contribution in [0.4, 0.5) is 0 Å². The van der Waals surface area contributed by atoms with E-state index in [-0.39, 0.29) is 5.56 Å². The maximum absolute atomic E-state index is 12.3. The van der Waals surface area contributed by atoms with Gasteiger partial charge in [0, 0.05) is 30.3 Å². The molecule has 0 spiro atoms. The van der Waals surface area contributed by atoms with Gasteiger partial charge < -0.3 is 9.72 Å². The maximum atomic E-state index is 12.3. The number of nitrogens with zero attached hydrogens (tertiary/aromatic N) is 1. The van der Waals surface area contributed by atoms with Gasteiger partial charge in [0.25, 0.3) is 5.56 Å². The molecular formula is C19H19BrN2O2. The van der Waals surface area contributed by atoms with Crippen LogP contribution in [0.25, 0.3) is 21.5 Å². The lowest BCUT2D eigenvalue weighted by atomic mass is 9.96. The highest BCUT2D eigenvalue weighted by Gasteiger charge is 2.13. The summed E-state index contributed by atoms with van der Waals surface area (Å²) < 4.78 is 6.41. The van der Waals surface area contributed by atoms with Gasteiger partial charge in [-0.1, -0.05) is 28.1 Å². The molecule has 0 saturated carbocycles. The Morgan fingerprint density at radius 1 is 1.12 bits per heavy atom. The molecule has 0 unspecified atom stereocenters. The van der Waals surface area contributed by atoms with Crippen molar-refractivity contribution in [3.63, 3.8) is 0 Å². The lowest BCUT2D eigenvalue weighted by Crippen LogP contribution is -2.37. The molecule has 24 heavy (non-hydrogen) atoms. The van der Waals surface area contributed by atoms with E-state index in [0.717, 1.165) is 65.3 Å². The molecule has 3 aromatic rings. The standard InChI is InChI=1S/C19H19BrN2O2/c20-15-1-2-16-13(4-6-22-7-9-24-10-8-22)11-14-3-5-21-19(23)18(14)17(16)12-15/h1-3,5,11-12H,4,6-10H2,(H,21,23). The molecular weight excluding hydrogens is 368 g/mol. The number of aromatic nitrogens is 1. The zero-order valence-corrected chi connectivity index (χ0v) is 14.9. The van der Waals surface area contributed by atoms with Crippen molar-refractivity contribution in [2.24, 2.45) is 0 Å². The molecule has 1 N–H and O–H groups in total. The Hall–Kier alpha value is -1.69. The third kappa shape index (κ3) is 2.99. The Balaban J connectivity index is 1.80. The van der Waals surface area contributed by atoms with Crippen molar-refractivity contribution in [1.82, 2.24) is 9.88 Å². The second kappa shape index (κ2) is 6.67. The number of benzene rings is 2. The summed E-state index contributed by atoms with van der Waals surface area (Å²) in [7, 11) is 0. The first-order chi connectivity index (χ1) is 11.7. The molecule has 1 aliphatic heterocycles. The highest BCUT2D eigenvalue weighted by Crippen LogP contribution is 2.29. The van der Waals surface area contributed by atoms with Crippen molar-refractivity contribution >= 4 is 37.5 Å². The van der Waals surface area contributed by atoms with Gasteiger partial charge >= 0.3 is 0 Å². The Kier molecular flexibility index (Phi) is 4.39. The SMILES string of the molecule is O=c1[nH]ccc2cc(CCN3CCOCC3)c3ccc(Br)cc3c12. The molecule has 1 fully saturated rings. The van der Waals surface area contributed by atoms with E-state index in [1.165, 1.54) is 5.56 Å². The second-order valence-electron chi connectivity index (χ2n) is 6.20. The number of hydrogen-bond donors (Lipinski definition) is 1. The number of ether oxygens (including phenoxy) is 1. The first-order valence-corrected chi connectivity index (χ1v) is 9.04. The van der Waals surface area contributed by atoms with Crippen LogP contribution >= 0.6 is 15.9 Å². The van der Waals surface area contributed by atoms with Gasteiger partial charge in [0.1, 0.15) is 0 Å². The van der Waals surface area contributed by atoms with E-state index >= 15 is 0 Å². The quantitative estimate of drug-likeness (QED) is 0.702. The lowest BCUT2D eigenvalue weighted by Gasteiger charge is -2.26. The van der Waals surface area contributed by atoms with Gasteiger partial charge in [-0.2, -0.15) is 0 Å². The third-order valence-electron chi connectivity index (χ3n) is 4.72. The van der Waals surface area contributed by atoms with E-state index in [0.29, 0.717) is 0 Å². The van der Waals surface area contributed by atoms with Crippen LogP contribution in [0, 0.1) is 0 Å². The molecule has 0 radical (unpaired) electrons. The molecule has 0 amide bonds. The molecule has 1 aromatic heterocycles. The molecule has 0 bridgehead atoms. The van der Waals surface area contributed by atoms with E-state index in [2.05, 4.69) is 37.9 Å². The summed E-state index contributed by atoms with van der Waals surface area (Å²) in [5, 5.41) is 3.95. The number of morpholine rings is 1. The van der Waals surface area contributed by atoms with Crippen LogP contribution in [-0.2, 0) is 11.2 Å². The molecule has 0 aliphatic carbocycles. The van der Waals surface area contributed by atoms with Crippen LogP contribution in [0.5, 0.6) is 0 Å². The summed E-state index contributed by atoms with van der Waals surface area (Å²) in [6.07, 6.45) is 2.70. The Morgan fingerprint density at radius 2 is 1.96 bits per heavy atom. The van der Waals surface area contributed by atoms with E-state index in [1.54, 1.807) is 6.20 Å². The van der Waals surface area contributed by atoms with Crippen molar-refractivity contribution in [3.8, 4) is 0 Å². The summed E-state index contributed by atoms with van der Waals surface area (Å²) in [6.45, 7) is 4.65. The zero-order chi connectivity index (χ0) is 16.5. The molecule has 0 atom stereocenters. The van der Waals surface area contributed by atoms with E-state index in [9.17, 15) is 4.79 Å². The van der Waals surface area contributed by atoms with Gasteiger partial charge in [0.15, 0.2) is 0 Å². The Bertz CT molecular complexity index is 945. The van der Waals surface area contributed by atoms with Gasteiger partial charge in [-0.3, -0.25) is 9.69 Å². The van der Waals surface area contributed by atoms with Crippen LogP contribution in [-0.4, -0.2) is 42.7 Å². The molecule has 4 nitrogen and oxygen atoms in total. The fourth-order valence-corrected chi connectivity index (χ4v) is 3.83. The van der Waals surface area contributed by atoms with Gasteiger partial charge in [-0.25, -0.2) is 0 Å². The van der Waals surface area contributed by atoms with Crippen LogP contribution in [0.2, 0.25) is 0 Å². The fourth-order valence-electron chi connectivity index (χ4n) is 3.47. The molecule has 1 aliphatic rings. The predicted octanol–water partition coefficient (Wildman–Crippen LogP) is 3.32. The Labute approximate surface area is 148 Å². The summed E-state index contributed by atoms with van der Waals surface area (Å²) in [5.74, 6) is 0. The van der Waals surface area contributed by atoms with Crippen LogP contribution in [0.15, 0.2) is 45.8 Å². The van der Waals surface area contributed by atoms with E-state index in [1.807, 2.05) is 18.2 Å². The average molecular weight is 387 g/mol. The lowest BCUT2D eigenvalue weighted by molar-refractivity contribution is 0.0385. The highest BCUT2D eigenvalue weighted by molar-refractivity contribution is 9.10. The first-order valence-electron chi connectivity index (χ1n) is 8.25. The van der Waals surface area contributed by atoms with Crippen LogP contribution in [0.1, 0.15) is 5.56 Å². The molecule has 4 rings (SSSR count). The van der Waals surface area contributed by atoms with E-state index < -0.39 is 0 Å². The predicted molar refractivity (Wildman–Crippen MR) is 101 cm³/mol. The third-order valence-corrected chi connectivity index (χ3v) is 5.21.